The molecule has 12 heteroatoms. The molecule has 0 saturated carbocycles. The maximum atomic E-state index is 9.60. The molecule has 0 aromatic rings. The van der Waals surface area contributed by atoms with Crippen molar-refractivity contribution in [2.45, 2.75) is 40.2 Å². The van der Waals surface area contributed by atoms with Crippen LogP contribution < -0.4 is 0 Å². The van der Waals surface area contributed by atoms with E-state index in [1.165, 1.54) is 20.8 Å². The summed E-state index contributed by atoms with van der Waals surface area (Å²) >= 11 is 0. The van der Waals surface area contributed by atoms with Crippen LogP contribution in [0.2, 0.25) is 0 Å². The first-order chi connectivity index (χ1) is 15.0. The van der Waals surface area contributed by atoms with Crippen LogP contribution in [0.1, 0.15) is 34.1 Å². The Labute approximate surface area is 194 Å². The highest BCUT2D eigenvalue weighted by Crippen LogP contribution is 2.18. The molecule has 0 heterocycles. The molecule has 0 aliphatic heterocycles. The fraction of sp³-hybridized carbons (Fsp3) is 0.571. The minimum absolute atomic E-state index is 0.156. The molecule has 0 amide bonds. The number of carboxylic acid groups (broad SMARTS) is 3. The molecule has 33 heavy (non-hydrogen) atoms. The van der Waals surface area contributed by atoms with Crippen molar-refractivity contribution in [1.29, 1.82) is 0 Å². The van der Waals surface area contributed by atoms with E-state index in [0.717, 1.165) is 0 Å². The summed E-state index contributed by atoms with van der Waals surface area (Å²) in [5.41, 5.74) is -0.139. The number of aliphatic carboxylic acids is 3. The lowest BCUT2D eigenvalue weighted by Gasteiger charge is -2.24. The second-order valence-corrected chi connectivity index (χ2v) is 6.60. The Bertz CT molecular complexity index is 465. The van der Waals surface area contributed by atoms with E-state index in [1.807, 2.05) is 6.92 Å². The van der Waals surface area contributed by atoms with Crippen LogP contribution in [0.3, 0.4) is 0 Å². The summed E-state index contributed by atoms with van der Waals surface area (Å²) in [6, 6.07) is 0. The van der Waals surface area contributed by atoms with E-state index in [1.54, 1.807) is 0 Å². The van der Waals surface area contributed by atoms with Gasteiger partial charge in [0, 0.05) is 22.1 Å². The Hall–Kier alpha value is -2.61. The molecule has 0 rings (SSSR count). The summed E-state index contributed by atoms with van der Waals surface area (Å²) in [6.07, 6.45) is -0.360. The van der Waals surface area contributed by atoms with Gasteiger partial charge in [0.05, 0.1) is 33.0 Å². The zero-order valence-corrected chi connectivity index (χ0v) is 19.7. The summed E-state index contributed by atoms with van der Waals surface area (Å²) in [5.74, 6) is -2.81. The van der Waals surface area contributed by atoms with Crippen molar-refractivity contribution in [3.05, 3.63) is 36.5 Å². The molecule has 9 N–H and O–H groups in total. The third-order valence-electron chi connectivity index (χ3n) is 3.27. The monoisotopic (exact) mass is 484 g/mol. The van der Waals surface area contributed by atoms with Crippen molar-refractivity contribution in [1.82, 2.24) is 0 Å². The van der Waals surface area contributed by atoms with Gasteiger partial charge in [-0.25, -0.2) is 14.4 Å². The second kappa shape index (κ2) is 25.6. The van der Waals surface area contributed by atoms with Crippen molar-refractivity contribution in [3.63, 3.8) is 0 Å². The van der Waals surface area contributed by atoms with Gasteiger partial charge in [-0.1, -0.05) is 26.7 Å². The van der Waals surface area contributed by atoms with Crippen LogP contribution in [0.4, 0.5) is 0 Å². The Kier molecular flexibility index (Phi) is 31.6. The van der Waals surface area contributed by atoms with Crippen molar-refractivity contribution in [3.8, 4) is 0 Å². The number of aliphatic hydroxyl groups is 6. The number of rotatable bonds is 9. The predicted molar refractivity (Wildman–Crippen MR) is 122 cm³/mol. The van der Waals surface area contributed by atoms with Crippen LogP contribution in [0, 0.1) is 5.41 Å². The zero-order chi connectivity index (χ0) is 27.8. The van der Waals surface area contributed by atoms with E-state index >= 15 is 0 Å². The van der Waals surface area contributed by atoms with Gasteiger partial charge in [0.2, 0.25) is 0 Å². The lowest BCUT2D eigenvalue weighted by atomic mass is 9.88. The molecular formula is C21H40O12. The zero-order valence-electron chi connectivity index (χ0n) is 19.7. The SMILES string of the molecule is C=C(C)C(=O)O.C=C(C)C(=O)O.C=C(C)C(=O)O.CCC(CO)(CO)CO.OCC(O)CO. The maximum Gasteiger partial charge on any atom is 0.330 e. The standard InChI is InChI=1S/C6H14O3.3C4H6O2.C3H8O3/c1-2-6(3-7,4-8)5-9;3*1-3(2)4(5)6;4-1-3(6)2-5/h7-9H,2-5H2,1H3;3*1H2,2H3,(H,5,6);3-6H,1-2H2. The van der Waals surface area contributed by atoms with Crippen LogP contribution >= 0.6 is 0 Å². The Morgan fingerprint density at radius 2 is 0.848 bits per heavy atom. The highest BCUT2D eigenvalue weighted by molar-refractivity contribution is 5.85. The minimum atomic E-state index is -0.954. The number of carboxylic acids is 3. The van der Waals surface area contributed by atoms with E-state index in [2.05, 4.69) is 19.7 Å². The predicted octanol–water partition coefficient (Wildman–Crippen LogP) is -0.367. The molecule has 12 nitrogen and oxygen atoms in total. The fourth-order valence-corrected chi connectivity index (χ4v) is 0.543. The van der Waals surface area contributed by atoms with Gasteiger partial charge in [0.1, 0.15) is 6.10 Å². The highest BCUT2D eigenvalue weighted by atomic mass is 16.4. The number of hydrogen-bond donors (Lipinski definition) is 9. The van der Waals surface area contributed by atoms with Gasteiger partial charge in [0.25, 0.3) is 0 Å². The topological polar surface area (TPSA) is 233 Å². The second-order valence-electron chi connectivity index (χ2n) is 6.60. The van der Waals surface area contributed by atoms with Gasteiger partial charge < -0.3 is 46.0 Å². The Morgan fingerprint density at radius 3 is 0.848 bits per heavy atom. The van der Waals surface area contributed by atoms with Gasteiger partial charge in [-0.3, -0.25) is 0 Å². The van der Waals surface area contributed by atoms with E-state index in [0.29, 0.717) is 6.42 Å². The van der Waals surface area contributed by atoms with E-state index in [9.17, 15) is 14.4 Å². The van der Waals surface area contributed by atoms with Crippen LogP contribution in [0.15, 0.2) is 36.5 Å². The first-order valence-electron chi connectivity index (χ1n) is 9.37. The summed E-state index contributed by atoms with van der Waals surface area (Å²) in [5, 5.41) is 73.7. The molecule has 0 radical (unpaired) electrons. The molecule has 0 aliphatic rings. The lowest BCUT2D eigenvalue weighted by molar-refractivity contribution is -0.133. The minimum Gasteiger partial charge on any atom is -0.478 e. The summed E-state index contributed by atoms with van der Waals surface area (Å²) in [6.45, 7) is 14.4. The van der Waals surface area contributed by atoms with Gasteiger partial charge in [-0.15, -0.1) is 0 Å². The fourth-order valence-electron chi connectivity index (χ4n) is 0.543. The third-order valence-corrected chi connectivity index (χ3v) is 3.27. The number of carbonyl (C=O) groups is 3. The maximum absolute atomic E-state index is 9.60. The largest absolute Gasteiger partial charge is 0.478 e. The Balaban J connectivity index is -0.000000100. The average molecular weight is 485 g/mol. The summed E-state index contributed by atoms with van der Waals surface area (Å²) in [7, 11) is 0. The van der Waals surface area contributed by atoms with Crippen LogP contribution in [-0.2, 0) is 14.4 Å². The first-order valence-corrected chi connectivity index (χ1v) is 9.37. The molecule has 196 valence electrons. The van der Waals surface area contributed by atoms with Crippen LogP contribution in [-0.4, -0.2) is 103 Å². The average Bonchev–Trinajstić information content (AvgIpc) is 2.76. The molecule has 0 unspecified atom stereocenters. The Morgan fingerprint density at radius 1 is 0.667 bits per heavy atom. The lowest BCUT2D eigenvalue weighted by Crippen LogP contribution is -2.32. The molecule has 0 spiro atoms. The smallest absolute Gasteiger partial charge is 0.330 e. The van der Waals surface area contributed by atoms with E-state index in [4.69, 9.17) is 46.0 Å². The van der Waals surface area contributed by atoms with Gasteiger partial charge in [-0.05, 0) is 27.2 Å². The van der Waals surface area contributed by atoms with E-state index < -0.39 is 29.4 Å². The molecule has 0 atom stereocenters. The molecule has 0 aromatic carbocycles. The van der Waals surface area contributed by atoms with Gasteiger partial charge in [-0.2, -0.15) is 0 Å². The van der Waals surface area contributed by atoms with Crippen LogP contribution in [0.25, 0.3) is 0 Å². The van der Waals surface area contributed by atoms with Crippen molar-refractivity contribution in [2.24, 2.45) is 5.41 Å². The van der Waals surface area contributed by atoms with Crippen LogP contribution in [0.5, 0.6) is 0 Å². The first kappa shape index (κ1) is 40.7. The molecule has 0 aromatic heterocycles. The highest BCUT2D eigenvalue weighted by Gasteiger charge is 2.24. The molecule has 0 aliphatic carbocycles. The van der Waals surface area contributed by atoms with E-state index in [-0.39, 0.29) is 49.8 Å². The molecule has 0 bridgehead atoms. The number of hydrogen-bond acceptors (Lipinski definition) is 9. The van der Waals surface area contributed by atoms with Gasteiger partial charge >= 0.3 is 17.9 Å². The molecule has 0 fully saturated rings. The quantitative estimate of drug-likeness (QED) is 0.191. The van der Waals surface area contributed by atoms with Crippen molar-refractivity contribution in [2.75, 3.05) is 33.0 Å². The van der Waals surface area contributed by atoms with Crippen molar-refractivity contribution >= 4 is 17.9 Å². The summed E-state index contributed by atoms with van der Waals surface area (Å²) < 4.78 is 0. The third kappa shape index (κ3) is 34.2. The summed E-state index contributed by atoms with van der Waals surface area (Å²) in [4.78, 5) is 28.8. The van der Waals surface area contributed by atoms with Gasteiger partial charge in [0.15, 0.2) is 0 Å². The molecular weight excluding hydrogens is 444 g/mol. The van der Waals surface area contributed by atoms with Crippen molar-refractivity contribution < 1.29 is 60.3 Å². The molecule has 0 saturated heterocycles. The normalized spacial score (nSPS) is 9.18. The number of aliphatic hydroxyl groups excluding tert-OH is 6.